The second kappa shape index (κ2) is 7.34. The van der Waals surface area contributed by atoms with Crippen LogP contribution in [-0.2, 0) is 0 Å². The maximum absolute atomic E-state index is 3.51. The number of nitrogens with zero attached hydrogens (tertiary/aromatic N) is 1. The number of hydrogen-bond donors (Lipinski definition) is 1. The van der Waals surface area contributed by atoms with Crippen LogP contribution in [-0.4, -0.2) is 36.6 Å². The van der Waals surface area contributed by atoms with Crippen LogP contribution >= 0.6 is 0 Å². The zero-order valence-corrected chi connectivity index (χ0v) is 9.93. The SMILES string of the molecule is CCNC(CC)CN(CC)C(C)C. The molecule has 0 saturated heterocycles. The van der Waals surface area contributed by atoms with E-state index in [0.29, 0.717) is 12.1 Å². The van der Waals surface area contributed by atoms with Crippen LogP contribution in [0.4, 0.5) is 0 Å². The van der Waals surface area contributed by atoms with Gasteiger partial charge in [-0.15, -0.1) is 0 Å². The van der Waals surface area contributed by atoms with Crippen molar-refractivity contribution in [2.24, 2.45) is 0 Å². The highest BCUT2D eigenvalue weighted by Crippen LogP contribution is 2.01. The number of nitrogens with one attached hydrogen (secondary N) is 1. The van der Waals surface area contributed by atoms with Crippen LogP contribution in [0.5, 0.6) is 0 Å². The Balaban J connectivity index is 3.87. The van der Waals surface area contributed by atoms with Gasteiger partial charge in [0.15, 0.2) is 0 Å². The zero-order chi connectivity index (χ0) is 10.3. The highest BCUT2D eigenvalue weighted by molar-refractivity contribution is 4.71. The average molecular weight is 186 g/mol. The molecule has 1 unspecified atom stereocenters. The largest absolute Gasteiger partial charge is 0.313 e. The topological polar surface area (TPSA) is 15.3 Å². The Morgan fingerprint density at radius 2 is 1.77 bits per heavy atom. The van der Waals surface area contributed by atoms with Gasteiger partial charge in [0.05, 0.1) is 0 Å². The summed E-state index contributed by atoms with van der Waals surface area (Å²) in [4.78, 5) is 2.51. The summed E-state index contributed by atoms with van der Waals surface area (Å²) in [7, 11) is 0. The molecule has 2 nitrogen and oxygen atoms in total. The molecule has 0 amide bonds. The van der Waals surface area contributed by atoms with Gasteiger partial charge in [0.2, 0.25) is 0 Å². The zero-order valence-electron chi connectivity index (χ0n) is 9.93. The molecule has 0 saturated carbocycles. The minimum absolute atomic E-state index is 0.660. The van der Waals surface area contributed by atoms with Gasteiger partial charge in [0.25, 0.3) is 0 Å². The van der Waals surface area contributed by atoms with Gasteiger partial charge in [0, 0.05) is 18.6 Å². The maximum Gasteiger partial charge on any atom is 0.0192 e. The lowest BCUT2D eigenvalue weighted by molar-refractivity contribution is 0.205. The number of likely N-dealkylation sites (N-methyl/N-ethyl adjacent to an activating group) is 2. The molecule has 0 aliphatic rings. The van der Waals surface area contributed by atoms with Crippen molar-refractivity contribution in [1.29, 1.82) is 0 Å². The lowest BCUT2D eigenvalue weighted by Gasteiger charge is -2.29. The molecule has 13 heavy (non-hydrogen) atoms. The van der Waals surface area contributed by atoms with Crippen LogP contribution in [0.3, 0.4) is 0 Å². The Morgan fingerprint density at radius 3 is 2.08 bits per heavy atom. The molecule has 0 aliphatic heterocycles. The standard InChI is InChI=1S/C11H26N2/c1-6-11(12-7-2)9-13(8-3)10(4)5/h10-12H,6-9H2,1-5H3. The average Bonchev–Trinajstić information content (AvgIpc) is 2.11. The third-order valence-corrected chi connectivity index (χ3v) is 2.58. The van der Waals surface area contributed by atoms with Gasteiger partial charge in [-0.2, -0.15) is 0 Å². The third kappa shape index (κ3) is 5.27. The lowest BCUT2D eigenvalue weighted by atomic mass is 10.2. The van der Waals surface area contributed by atoms with Crippen molar-refractivity contribution < 1.29 is 0 Å². The molecule has 2 heteroatoms. The molecule has 0 spiro atoms. The van der Waals surface area contributed by atoms with Gasteiger partial charge >= 0.3 is 0 Å². The number of hydrogen-bond acceptors (Lipinski definition) is 2. The molecule has 0 aliphatic carbocycles. The van der Waals surface area contributed by atoms with Gasteiger partial charge in [-0.25, -0.2) is 0 Å². The molecule has 0 bridgehead atoms. The molecule has 1 N–H and O–H groups in total. The van der Waals surface area contributed by atoms with Crippen molar-refractivity contribution in [3.05, 3.63) is 0 Å². The second-order valence-electron chi connectivity index (χ2n) is 3.84. The van der Waals surface area contributed by atoms with E-state index in [1.165, 1.54) is 13.0 Å². The Morgan fingerprint density at radius 1 is 1.15 bits per heavy atom. The van der Waals surface area contributed by atoms with Crippen LogP contribution in [0.15, 0.2) is 0 Å². The molecular formula is C11H26N2. The van der Waals surface area contributed by atoms with Gasteiger partial charge < -0.3 is 5.32 Å². The van der Waals surface area contributed by atoms with Crippen molar-refractivity contribution in [2.75, 3.05) is 19.6 Å². The molecule has 0 aromatic carbocycles. The Labute approximate surface area is 83.7 Å². The van der Waals surface area contributed by atoms with Crippen molar-refractivity contribution in [3.63, 3.8) is 0 Å². The normalized spacial score (nSPS) is 14.1. The summed E-state index contributed by atoms with van der Waals surface area (Å²) in [5.74, 6) is 0. The molecule has 80 valence electrons. The highest BCUT2D eigenvalue weighted by Gasteiger charge is 2.12. The summed E-state index contributed by atoms with van der Waals surface area (Å²) in [6.07, 6.45) is 1.22. The highest BCUT2D eigenvalue weighted by atomic mass is 15.2. The first kappa shape index (κ1) is 12.9. The molecule has 0 fully saturated rings. The third-order valence-electron chi connectivity index (χ3n) is 2.58. The minimum atomic E-state index is 0.660. The predicted octanol–water partition coefficient (Wildman–Crippen LogP) is 2.10. The van der Waals surface area contributed by atoms with Gasteiger partial charge in [-0.1, -0.05) is 20.8 Å². The lowest BCUT2D eigenvalue weighted by Crippen LogP contribution is -2.43. The van der Waals surface area contributed by atoms with Crippen molar-refractivity contribution in [1.82, 2.24) is 10.2 Å². The Hall–Kier alpha value is -0.0800. The predicted molar refractivity (Wildman–Crippen MR) is 60.1 cm³/mol. The van der Waals surface area contributed by atoms with Gasteiger partial charge in [-0.3, -0.25) is 4.90 Å². The summed E-state index contributed by atoms with van der Waals surface area (Å²) in [6.45, 7) is 14.6. The van der Waals surface area contributed by atoms with Crippen molar-refractivity contribution in [3.8, 4) is 0 Å². The fourth-order valence-corrected chi connectivity index (χ4v) is 1.61. The fourth-order valence-electron chi connectivity index (χ4n) is 1.61. The van der Waals surface area contributed by atoms with E-state index in [4.69, 9.17) is 0 Å². The molecule has 0 aromatic rings. The van der Waals surface area contributed by atoms with Crippen LogP contribution in [0.1, 0.15) is 41.0 Å². The van der Waals surface area contributed by atoms with E-state index in [-0.39, 0.29) is 0 Å². The van der Waals surface area contributed by atoms with E-state index in [2.05, 4.69) is 44.8 Å². The molecule has 0 aromatic heterocycles. The van der Waals surface area contributed by atoms with E-state index >= 15 is 0 Å². The fraction of sp³-hybridized carbons (Fsp3) is 1.00. The van der Waals surface area contributed by atoms with E-state index in [0.717, 1.165) is 13.1 Å². The molecule has 1 atom stereocenters. The number of rotatable bonds is 7. The van der Waals surface area contributed by atoms with Crippen LogP contribution in [0.2, 0.25) is 0 Å². The molecule has 0 radical (unpaired) electrons. The van der Waals surface area contributed by atoms with Gasteiger partial charge in [-0.05, 0) is 33.4 Å². The first-order valence-electron chi connectivity index (χ1n) is 5.63. The Kier molecular flexibility index (Phi) is 7.29. The summed E-state index contributed by atoms with van der Waals surface area (Å²) >= 11 is 0. The summed E-state index contributed by atoms with van der Waals surface area (Å²) in [6, 6.07) is 1.32. The smallest absolute Gasteiger partial charge is 0.0192 e. The summed E-state index contributed by atoms with van der Waals surface area (Å²) in [5.41, 5.74) is 0. The summed E-state index contributed by atoms with van der Waals surface area (Å²) < 4.78 is 0. The van der Waals surface area contributed by atoms with E-state index in [1.807, 2.05) is 0 Å². The quantitative estimate of drug-likeness (QED) is 0.655. The van der Waals surface area contributed by atoms with Crippen molar-refractivity contribution >= 4 is 0 Å². The van der Waals surface area contributed by atoms with Gasteiger partial charge in [0.1, 0.15) is 0 Å². The van der Waals surface area contributed by atoms with E-state index in [1.54, 1.807) is 0 Å². The Bertz CT molecular complexity index is 113. The van der Waals surface area contributed by atoms with E-state index in [9.17, 15) is 0 Å². The minimum Gasteiger partial charge on any atom is -0.313 e. The van der Waals surface area contributed by atoms with E-state index < -0.39 is 0 Å². The maximum atomic E-state index is 3.51. The van der Waals surface area contributed by atoms with Crippen molar-refractivity contribution in [2.45, 2.75) is 53.1 Å². The molecule has 0 heterocycles. The monoisotopic (exact) mass is 186 g/mol. The summed E-state index contributed by atoms with van der Waals surface area (Å²) in [5, 5.41) is 3.51. The van der Waals surface area contributed by atoms with Crippen LogP contribution in [0.25, 0.3) is 0 Å². The first-order chi connectivity index (χ1) is 6.15. The van der Waals surface area contributed by atoms with Crippen LogP contribution < -0.4 is 5.32 Å². The van der Waals surface area contributed by atoms with Crippen LogP contribution in [0, 0.1) is 0 Å². The second-order valence-corrected chi connectivity index (χ2v) is 3.84. The molecule has 0 rings (SSSR count). The molecular weight excluding hydrogens is 160 g/mol. The first-order valence-corrected chi connectivity index (χ1v) is 5.63.